The standard InChI is InChI=1S/C32H30F3N7O5S/c1-19(2)24-5-3-4-6-25(24)42-27(43)17-48-30(42)39-29(44)37-26(38-31(45)46)16-9-20-7-10-21(11-8-20)28-36-18-41(40-28)22-12-14-23(15-13-22)47-32(33,34)35/h3-8,10-15,18-19,26,38H,9,16-17H2,1-2H3,(H,37,44)(H,45,46)/b39-30-. The van der Waals surface area contributed by atoms with Gasteiger partial charge in [0.1, 0.15) is 18.2 Å². The van der Waals surface area contributed by atoms with Crippen molar-refractivity contribution in [2.45, 2.75) is 45.1 Å². The van der Waals surface area contributed by atoms with Crippen molar-refractivity contribution in [2.75, 3.05) is 10.7 Å². The number of amides is 4. The van der Waals surface area contributed by atoms with E-state index in [2.05, 4.69) is 30.4 Å². The van der Waals surface area contributed by atoms with Crippen molar-refractivity contribution < 1.29 is 37.4 Å². The van der Waals surface area contributed by atoms with Gasteiger partial charge in [-0.15, -0.1) is 18.3 Å². The van der Waals surface area contributed by atoms with Gasteiger partial charge < -0.3 is 20.5 Å². The largest absolute Gasteiger partial charge is 0.573 e. The maximum atomic E-state index is 12.9. The molecule has 1 aliphatic rings. The van der Waals surface area contributed by atoms with Crippen LogP contribution in [0.5, 0.6) is 5.75 Å². The molecule has 12 nitrogen and oxygen atoms in total. The van der Waals surface area contributed by atoms with Gasteiger partial charge in [-0.2, -0.15) is 4.99 Å². The lowest BCUT2D eigenvalue weighted by Crippen LogP contribution is -2.47. The van der Waals surface area contributed by atoms with Gasteiger partial charge in [0.2, 0.25) is 5.91 Å². The second-order valence-corrected chi connectivity index (χ2v) is 11.8. The van der Waals surface area contributed by atoms with E-state index >= 15 is 0 Å². The number of carbonyl (C=O) groups is 3. The van der Waals surface area contributed by atoms with Crippen LogP contribution >= 0.6 is 11.8 Å². The van der Waals surface area contributed by atoms with E-state index in [0.29, 0.717) is 29.2 Å². The smallest absolute Gasteiger partial charge is 0.465 e. The summed E-state index contributed by atoms with van der Waals surface area (Å²) in [5, 5.41) is 18.8. The Morgan fingerprint density at radius 2 is 1.75 bits per heavy atom. The summed E-state index contributed by atoms with van der Waals surface area (Å²) in [4.78, 5) is 47.0. The minimum Gasteiger partial charge on any atom is -0.465 e. The van der Waals surface area contributed by atoms with Crippen LogP contribution in [0.15, 0.2) is 84.1 Å². The third-order valence-corrected chi connectivity index (χ3v) is 8.04. The molecule has 1 unspecified atom stereocenters. The number of benzene rings is 3. The Labute approximate surface area is 277 Å². The molecule has 0 bridgehead atoms. The fourth-order valence-corrected chi connectivity index (χ4v) is 5.77. The molecule has 4 amide bonds. The van der Waals surface area contributed by atoms with E-state index < -0.39 is 24.7 Å². The molecule has 4 aromatic rings. The first-order chi connectivity index (χ1) is 22.9. The second kappa shape index (κ2) is 14.6. The van der Waals surface area contributed by atoms with Crippen LogP contribution in [0.4, 0.5) is 28.4 Å². The highest BCUT2D eigenvalue weighted by Crippen LogP contribution is 2.33. The number of hydrogen-bond donors (Lipinski definition) is 3. The number of thioether (sulfide) groups is 1. The van der Waals surface area contributed by atoms with Crippen LogP contribution in [-0.2, 0) is 11.2 Å². The molecule has 0 aliphatic carbocycles. The van der Waals surface area contributed by atoms with Crippen LogP contribution in [0.25, 0.3) is 17.1 Å². The van der Waals surface area contributed by atoms with Gasteiger partial charge in [0.15, 0.2) is 11.0 Å². The normalized spacial score (nSPS) is 14.8. The Bertz CT molecular complexity index is 1810. The molecule has 0 radical (unpaired) electrons. The lowest BCUT2D eigenvalue weighted by molar-refractivity contribution is -0.274. The van der Waals surface area contributed by atoms with E-state index in [-0.39, 0.29) is 34.9 Å². The number of aliphatic imine (C=N–C) groups is 1. The molecule has 5 rings (SSSR count). The van der Waals surface area contributed by atoms with Crippen LogP contribution in [0.2, 0.25) is 0 Å². The molecule has 0 spiro atoms. The number of para-hydroxylation sites is 1. The average Bonchev–Trinajstić information content (AvgIpc) is 3.66. The van der Waals surface area contributed by atoms with Crippen molar-refractivity contribution in [3.8, 4) is 22.8 Å². The van der Waals surface area contributed by atoms with Crippen molar-refractivity contribution in [3.63, 3.8) is 0 Å². The van der Waals surface area contributed by atoms with Crippen LogP contribution in [0, 0.1) is 0 Å². The van der Waals surface area contributed by atoms with Gasteiger partial charge >= 0.3 is 18.5 Å². The van der Waals surface area contributed by atoms with Crippen molar-refractivity contribution >= 4 is 40.6 Å². The first-order valence-corrected chi connectivity index (χ1v) is 15.7. The highest BCUT2D eigenvalue weighted by atomic mass is 32.2. The van der Waals surface area contributed by atoms with Crippen LogP contribution in [-0.4, -0.2) is 61.4 Å². The summed E-state index contributed by atoms with van der Waals surface area (Å²) < 4.78 is 42.6. The monoisotopic (exact) mass is 681 g/mol. The number of aromatic nitrogens is 3. The number of ether oxygens (including phenoxy) is 1. The van der Waals surface area contributed by atoms with Gasteiger partial charge in [-0.3, -0.25) is 9.69 Å². The summed E-state index contributed by atoms with van der Waals surface area (Å²) >= 11 is 1.13. The second-order valence-electron chi connectivity index (χ2n) is 10.9. The molecule has 1 atom stereocenters. The SMILES string of the molecule is CC(C)c1ccccc1N1C(=O)CS/C1=N\C(=O)NC(CCc1ccc(-c2ncn(-c3ccc(OC(F)(F)F)cc3)n2)cc1)NC(=O)O. The molecule has 250 valence electrons. The molecule has 1 aliphatic heterocycles. The van der Waals surface area contributed by atoms with Crippen molar-refractivity contribution in [1.29, 1.82) is 0 Å². The quantitative estimate of drug-likeness (QED) is 0.164. The molecule has 48 heavy (non-hydrogen) atoms. The minimum atomic E-state index is -4.79. The fourth-order valence-electron chi connectivity index (χ4n) is 4.91. The number of anilines is 1. The molecule has 3 aromatic carbocycles. The number of carboxylic acid groups (broad SMARTS) is 1. The summed E-state index contributed by atoms with van der Waals surface area (Å²) in [6.45, 7) is 4.00. The zero-order valence-corrected chi connectivity index (χ0v) is 26.5. The summed E-state index contributed by atoms with van der Waals surface area (Å²) in [6.07, 6.45) is -5.06. The number of nitrogens with one attached hydrogen (secondary N) is 2. The molecule has 1 aromatic heterocycles. The maximum Gasteiger partial charge on any atom is 0.573 e. The van der Waals surface area contributed by atoms with Crippen molar-refractivity contribution in [1.82, 2.24) is 25.4 Å². The van der Waals surface area contributed by atoms with E-state index in [1.54, 1.807) is 24.3 Å². The zero-order chi connectivity index (χ0) is 34.4. The van der Waals surface area contributed by atoms with Gasteiger partial charge in [-0.25, -0.2) is 19.3 Å². The fraction of sp³-hybridized carbons (Fsp3) is 0.250. The highest BCUT2D eigenvalue weighted by Gasteiger charge is 2.33. The summed E-state index contributed by atoms with van der Waals surface area (Å²) in [5.74, 6) is 0.0588. The van der Waals surface area contributed by atoms with Gasteiger partial charge in [0, 0.05) is 5.56 Å². The van der Waals surface area contributed by atoms with Gasteiger partial charge in [0.25, 0.3) is 0 Å². The molecular weight excluding hydrogens is 651 g/mol. The number of carbonyl (C=O) groups excluding carboxylic acids is 2. The predicted octanol–water partition coefficient (Wildman–Crippen LogP) is 6.33. The summed E-state index contributed by atoms with van der Waals surface area (Å²) in [7, 11) is 0. The van der Waals surface area contributed by atoms with Crippen LogP contribution < -0.4 is 20.3 Å². The van der Waals surface area contributed by atoms with E-state index in [9.17, 15) is 32.7 Å². The molecular formula is C32H30F3N7O5S. The average molecular weight is 682 g/mol. The third kappa shape index (κ3) is 8.70. The van der Waals surface area contributed by atoms with E-state index in [4.69, 9.17) is 0 Å². The lowest BCUT2D eigenvalue weighted by atomic mass is 10.0. The lowest BCUT2D eigenvalue weighted by Gasteiger charge is -2.22. The number of halogens is 3. The molecule has 16 heteroatoms. The first-order valence-electron chi connectivity index (χ1n) is 14.7. The Kier molecular flexibility index (Phi) is 10.3. The number of alkyl halides is 3. The topological polar surface area (TPSA) is 151 Å². The summed E-state index contributed by atoms with van der Waals surface area (Å²) in [5.41, 5.74) is 3.56. The molecule has 2 heterocycles. The number of amidine groups is 1. The summed E-state index contributed by atoms with van der Waals surface area (Å²) in [6, 6.07) is 19.0. The molecule has 1 saturated heterocycles. The number of nitrogens with zero attached hydrogens (tertiary/aromatic N) is 5. The number of hydrogen-bond acceptors (Lipinski definition) is 7. The Morgan fingerprint density at radius 3 is 2.42 bits per heavy atom. The maximum absolute atomic E-state index is 12.9. The molecule has 0 saturated carbocycles. The molecule has 1 fully saturated rings. The van der Waals surface area contributed by atoms with E-state index in [0.717, 1.165) is 22.9 Å². The van der Waals surface area contributed by atoms with Gasteiger partial charge in [-0.05, 0) is 60.2 Å². The van der Waals surface area contributed by atoms with E-state index in [1.165, 1.54) is 40.2 Å². The van der Waals surface area contributed by atoms with Crippen LogP contribution in [0.3, 0.4) is 0 Å². The van der Waals surface area contributed by atoms with Crippen LogP contribution in [0.1, 0.15) is 37.3 Å². The molecule has 3 N–H and O–H groups in total. The highest BCUT2D eigenvalue weighted by molar-refractivity contribution is 8.15. The van der Waals surface area contributed by atoms with Crippen molar-refractivity contribution in [3.05, 3.63) is 90.3 Å². The predicted molar refractivity (Wildman–Crippen MR) is 173 cm³/mol. The Hall–Kier alpha value is -5.38. The number of rotatable bonds is 10. The van der Waals surface area contributed by atoms with Gasteiger partial charge in [-0.1, -0.05) is 68.1 Å². The van der Waals surface area contributed by atoms with E-state index in [1.807, 2.05) is 38.1 Å². The number of urea groups is 1. The minimum absolute atomic E-state index is 0.120. The Morgan fingerprint density at radius 1 is 1.04 bits per heavy atom. The zero-order valence-electron chi connectivity index (χ0n) is 25.6. The first kappa shape index (κ1) is 34.0. The number of aryl methyl sites for hydroxylation is 1. The Balaban J connectivity index is 1.21. The third-order valence-electron chi connectivity index (χ3n) is 7.12. The van der Waals surface area contributed by atoms with Crippen molar-refractivity contribution in [2.24, 2.45) is 4.99 Å². The van der Waals surface area contributed by atoms with Gasteiger partial charge in [0.05, 0.1) is 17.1 Å².